The van der Waals surface area contributed by atoms with Crippen LogP contribution in [-0.2, 0) is 10.5 Å². The van der Waals surface area contributed by atoms with Crippen LogP contribution in [0.3, 0.4) is 0 Å². The van der Waals surface area contributed by atoms with Crippen molar-refractivity contribution < 1.29 is 9.53 Å². The Morgan fingerprint density at radius 3 is 2.89 bits per heavy atom. The second kappa shape index (κ2) is 7.84. The highest BCUT2D eigenvalue weighted by molar-refractivity contribution is 9.10. The number of aromatic nitrogens is 3. The zero-order valence-electron chi connectivity index (χ0n) is 14.3. The molecule has 0 fully saturated rings. The van der Waals surface area contributed by atoms with Crippen LogP contribution in [0, 0.1) is 0 Å². The molecule has 4 rings (SSSR count). The van der Waals surface area contributed by atoms with E-state index in [9.17, 15) is 4.79 Å². The predicted octanol–water partition coefficient (Wildman–Crippen LogP) is 5.30. The smallest absolute Gasteiger partial charge is 0.337 e. The minimum Gasteiger partial charge on any atom is -0.465 e. The van der Waals surface area contributed by atoms with Gasteiger partial charge in [0.1, 0.15) is 0 Å². The summed E-state index contributed by atoms with van der Waals surface area (Å²) in [6, 6.07) is 15.6. The fraction of sp³-hybridized carbons (Fsp3) is 0.105. The normalized spacial score (nSPS) is 11.0. The van der Waals surface area contributed by atoms with E-state index >= 15 is 0 Å². The lowest BCUT2D eigenvalue weighted by Crippen LogP contribution is -2.01. The van der Waals surface area contributed by atoms with Gasteiger partial charge < -0.3 is 4.74 Å². The van der Waals surface area contributed by atoms with Gasteiger partial charge in [0, 0.05) is 21.2 Å². The van der Waals surface area contributed by atoms with Crippen LogP contribution in [0.1, 0.15) is 15.9 Å². The third kappa shape index (κ3) is 3.78. The van der Waals surface area contributed by atoms with Gasteiger partial charge in [-0.15, -0.1) is 21.5 Å². The number of thiazole rings is 1. The van der Waals surface area contributed by atoms with Crippen molar-refractivity contribution in [3.8, 4) is 11.3 Å². The molecule has 0 N–H and O–H groups in total. The van der Waals surface area contributed by atoms with E-state index in [4.69, 9.17) is 4.74 Å². The summed E-state index contributed by atoms with van der Waals surface area (Å²) in [7, 11) is 1.39. The SMILES string of the molecule is COC(=O)c1cccc(CSc2nnc3scc(-c4cccc(Br)c4)n23)c1. The maximum atomic E-state index is 11.7. The number of thioether (sulfide) groups is 1. The number of methoxy groups -OCH3 is 1. The average Bonchev–Trinajstić information content (AvgIpc) is 3.28. The molecule has 0 bridgehead atoms. The number of hydrogen-bond donors (Lipinski definition) is 0. The molecule has 27 heavy (non-hydrogen) atoms. The van der Waals surface area contributed by atoms with Crippen LogP contribution >= 0.6 is 39.0 Å². The largest absolute Gasteiger partial charge is 0.465 e. The third-order valence-corrected chi connectivity index (χ3v) is 6.27. The van der Waals surface area contributed by atoms with Crippen LogP contribution in [0.15, 0.2) is 63.5 Å². The van der Waals surface area contributed by atoms with Crippen molar-refractivity contribution in [3.05, 3.63) is 69.5 Å². The number of fused-ring (bicyclic) bond motifs is 1. The van der Waals surface area contributed by atoms with Gasteiger partial charge in [-0.2, -0.15) is 0 Å². The molecule has 4 aromatic rings. The molecule has 0 unspecified atom stereocenters. The van der Waals surface area contributed by atoms with Crippen molar-refractivity contribution in [2.75, 3.05) is 7.11 Å². The highest BCUT2D eigenvalue weighted by atomic mass is 79.9. The van der Waals surface area contributed by atoms with Gasteiger partial charge >= 0.3 is 5.97 Å². The Balaban J connectivity index is 1.62. The maximum absolute atomic E-state index is 11.7. The van der Waals surface area contributed by atoms with Crippen molar-refractivity contribution in [1.82, 2.24) is 14.6 Å². The van der Waals surface area contributed by atoms with E-state index < -0.39 is 0 Å². The number of ether oxygens (including phenoxy) is 1. The minimum absolute atomic E-state index is 0.332. The van der Waals surface area contributed by atoms with E-state index in [2.05, 4.69) is 48.0 Å². The molecule has 2 aromatic carbocycles. The van der Waals surface area contributed by atoms with E-state index in [0.29, 0.717) is 11.3 Å². The summed E-state index contributed by atoms with van der Waals surface area (Å²) >= 11 is 6.68. The molecule has 0 aliphatic rings. The van der Waals surface area contributed by atoms with Gasteiger partial charge in [0.15, 0.2) is 5.16 Å². The van der Waals surface area contributed by atoms with Gasteiger partial charge in [-0.05, 0) is 29.8 Å². The number of hydrogen-bond acceptors (Lipinski definition) is 6. The second-order valence-corrected chi connectivity index (χ2v) is 8.41. The topological polar surface area (TPSA) is 56.5 Å². The van der Waals surface area contributed by atoms with Gasteiger partial charge in [0.05, 0.1) is 18.4 Å². The molecule has 0 radical (unpaired) electrons. The van der Waals surface area contributed by atoms with Gasteiger partial charge in [-0.1, -0.05) is 52.0 Å². The summed E-state index contributed by atoms with van der Waals surface area (Å²) in [5.74, 6) is 0.348. The van der Waals surface area contributed by atoms with Crippen LogP contribution in [0.25, 0.3) is 16.2 Å². The van der Waals surface area contributed by atoms with Crippen LogP contribution in [0.4, 0.5) is 0 Å². The van der Waals surface area contributed by atoms with E-state index in [1.807, 2.05) is 30.3 Å². The molecule has 8 heteroatoms. The van der Waals surface area contributed by atoms with Crippen LogP contribution in [-0.4, -0.2) is 27.7 Å². The van der Waals surface area contributed by atoms with Crippen LogP contribution in [0.2, 0.25) is 0 Å². The maximum Gasteiger partial charge on any atom is 0.337 e. The molecule has 2 aromatic heterocycles. The van der Waals surface area contributed by atoms with Gasteiger partial charge in [-0.3, -0.25) is 4.40 Å². The van der Waals surface area contributed by atoms with Crippen molar-refractivity contribution in [2.45, 2.75) is 10.9 Å². The lowest BCUT2D eigenvalue weighted by molar-refractivity contribution is 0.0600. The fourth-order valence-electron chi connectivity index (χ4n) is 2.69. The summed E-state index contributed by atoms with van der Waals surface area (Å²) in [5, 5.41) is 11.5. The summed E-state index contributed by atoms with van der Waals surface area (Å²) < 4.78 is 7.89. The molecule has 136 valence electrons. The Morgan fingerprint density at radius 1 is 1.22 bits per heavy atom. The second-order valence-electron chi connectivity index (χ2n) is 5.71. The number of esters is 1. The molecule has 0 spiro atoms. The van der Waals surface area contributed by atoms with Gasteiger partial charge in [-0.25, -0.2) is 4.79 Å². The quantitative estimate of drug-likeness (QED) is 0.299. The number of nitrogens with zero attached hydrogens (tertiary/aromatic N) is 3. The average molecular weight is 460 g/mol. The number of carbonyl (C=O) groups is 1. The molecule has 2 heterocycles. The first kappa shape index (κ1) is 18.2. The fourth-order valence-corrected chi connectivity index (χ4v) is 4.87. The van der Waals surface area contributed by atoms with Crippen molar-refractivity contribution in [3.63, 3.8) is 0 Å². The molecule has 0 saturated heterocycles. The monoisotopic (exact) mass is 459 g/mol. The number of halogens is 1. The summed E-state index contributed by atoms with van der Waals surface area (Å²) in [6.45, 7) is 0. The highest BCUT2D eigenvalue weighted by Gasteiger charge is 2.14. The zero-order chi connectivity index (χ0) is 18.8. The Morgan fingerprint density at radius 2 is 2.07 bits per heavy atom. The molecule has 0 aliphatic carbocycles. The van der Waals surface area contributed by atoms with Crippen molar-refractivity contribution in [1.29, 1.82) is 0 Å². The first-order valence-electron chi connectivity index (χ1n) is 8.04. The summed E-state index contributed by atoms with van der Waals surface area (Å²) in [6.07, 6.45) is 0. The van der Waals surface area contributed by atoms with E-state index in [0.717, 1.165) is 31.4 Å². The number of rotatable bonds is 5. The highest BCUT2D eigenvalue weighted by Crippen LogP contribution is 2.32. The lowest BCUT2D eigenvalue weighted by Gasteiger charge is -2.05. The van der Waals surface area contributed by atoms with Crippen LogP contribution in [0.5, 0.6) is 0 Å². The number of benzene rings is 2. The zero-order valence-corrected chi connectivity index (χ0v) is 17.5. The molecule has 0 saturated carbocycles. The van der Waals surface area contributed by atoms with E-state index in [1.165, 1.54) is 7.11 Å². The standard InChI is InChI=1S/C19H14BrN3O2S2/c1-25-17(24)14-6-2-4-12(8-14)10-26-18-21-22-19-23(18)16(11-27-19)13-5-3-7-15(20)9-13/h2-9,11H,10H2,1H3. The summed E-state index contributed by atoms with van der Waals surface area (Å²) in [4.78, 5) is 12.6. The van der Waals surface area contributed by atoms with Gasteiger partial charge in [0.25, 0.3) is 0 Å². The van der Waals surface area contributed by atoms with Crippen molar-refractivity contribution in [2.24, 2.45) is 0 Å². The van der Waals surface area contributed by atoms with Gasteiger partial charge in [0.2, 0.25) is 4.96 Å². The minimum atomic E-state index is -0.332. The van der Waals surface area contributed by atoms with E-state index in [1.54, 1.807) is 29.2 Å². The summed E-state index contributed by atoms with van der Waals surface area (Å²) in [5.41, 5.74) is 3.74. The molecule has 0 aliphatic heterocycles. The molecule has 0 amide bonds. The first-order chi connectivity index (χ1) is 13.2. The Kier molecular flexibility index (Phi) is 5.29. The predicted molar refractivity (Wildman–Crippen MR) is 111 cm³/mol. The first-order valence-corrected chi connectivity index (χ1v) is 10.7. The van der Waals surface area contributed by atoms with Crippen molar-refractivity contribution >= 4 is 50.0 Å². The molecule has 0 atom stereocenters. The Hall–Kier alpha value is -2.16. The molecule has 5 nitrogen and oxygen atoms in total. The van der Waals surface area contributed by atoms with E-state index in [-0.39, 0.29) is 5.97 Å². The Bertz CT molecular complexity index is 1120. The third-order valence-electron chi connectivity index (χ3n) is 3.96. The number of carbonyl (C=O) groups excluding carboxylic acids is 1. The Labute approximate surface area is 172 Å². The molecular weight excluding hydrogens is 446 g/mol. The molecular formula is C19H14BrN3O2S2. The van der Waals surface area contributed by atoms with Crippen LogP contribution < -0.4 is 0 Å². The lowest BCUT2D eigenvalue weighted by atomic mass is 10.1.